The first-order valence-corrected chi connectivity index (χ1v) is 14.5. The average molecular weight is 696 g/mol. The molecule has 0 aromatic heterocycles. The molecule has 5 amide bonds. The SMILES string of the molecule is CCCC(=O)CNC(=O)CCC(=O)CN(CC(=O)OC)C(=O)CNC(=O)CCC(=O)CN(CC(=O)OC)C(=O)CNC(=O)CC(F)(F)F. The number of hydrogen-bond acceptors (Lipinski definition) is 12. The van der Waals surface area contributed by atoms with Crippen molar-refractivity contribution in [2.75, 3.05) is 60.0 Å². The Hall–Kier alpha value is -4.91. The summed E-state index contributed by atoms with van der Waals surface area (Å²) >= 11 is 0. The predicted octanol–water partition coefficient (Wildman–Crippen LogP) is -1.64. The number of nitrogens with one attached hydrogen (secondary N) is 3. The Morgan fingerprint density at radius 3 is 1.31 bits per heavy atom. The molecule has 0 heterocycles. The highest BCUT2D eigenvalue weighted by molar-refractivity contribution is 5.95. The third kappa shape index (κ3) is 21.0. The van der Waals surface area contributed by atoms with Crippen LogP contribution in [0.5, 0.6) is 0 Å². The van der Waals surface area contributed by atoms with Crippen LogP contribution in [0.25, 0.3) is 0 Å². The number of alkyl halides is 3. The first kappa shape index (κ1) is 43.1. The molecule has 0 aliphatic rings. The van der Waals surface area contributed by atoms with Crippen LogP contribution in [-0.4, -0.2) is 135 Å². The van der Waals surface area contributed by atoms with Crippen molar-refractivity contribution < 1.29 is 70.6 Å². The highest BCUT2D eigenvalue weighted by atomic mass is 19.4. The Balaban J connectivity index is 4.99. The molecule has 48 heavy (non-hydrogen) atoms. The molecular formula is C28H40F3N5O12. The number of carbonyl (C=O) groups excluding carboxylic acids is 10. The van der Waals surface area contributed by atoms with Crippen LogP contribution in [-0.2, 0) is 57.4 Å². The van der Waals surface area contributed by atoms with Gasteiger partial charge in [-0.2, -0.15) is 13.2 Å². The minimum absolute atomic E-state index is 0.179. The number of Topliss-reactive ketones (excluding diaryl/α,β-unsaturated/α-hetero) is 3. The second-order valence-corrected chi connectivity index (χ2v) is 10.1. The summed E-state index contributed by atoms with van der Waals surface area (Å²) < 4.78 is 45.9. The van der Waals surface area contributed by atoms with Crippen LogP contribution in [0.15, 0.2) is 0 Å². The van der Waals surface area contributed by atoms with Crippen molar-refractivity contribution in [3.8, 4) is 0 Å². The standard InChI is InChI=1S/C28H40F3N5O12/c1-4-5-18(37)11-32-21(40)8-6-19(38)14-35(16-26(45)47-2)24(43)12-33-22(41)9-7-20(39)15-36(17-27(46)48-3)25(44)13-34-23(42)10-28(29,30)31/h4-17H2,1-3H3,(H,32,40)(H,33,41)(H,34,42). The van der Waals surface area contributed by atoms with Gasteiger partial charge in [-0.15, -0.1) is 0 Å². The quantitative estimate of drug-likeness (QED) is 0.102. The number of hydrogen-bond donors (Lipinski definition) is 3. The van der Waals surface area contributed by atoms with E-state index >= 15 is 0 Å². The second-order valence-electron chi connectivity index (χ2n) is 10.1. The van der Waals surface area contributed by atoms with Crippen LogP contribution < -0.4 is 16.0 Å². The van der Waals surface area contributed by atoms with E-state index in [1.165, 1.54) is 0 Å². The molecule has 0 aliphatic carbocycles. The van der Waals surface area contributed by atoms with Crippen LogP contribution in [0, 0.1) is 0 Å². The summed E-state index contributed by atoms with van der Waals surface area (Å²) in [7, 11) is 2.02. The molecule has 20 heteroatoms. The van der Waals surface area contributed by atoms with Gasteiger partial charge >= 0.3 is 18.1 Å². The molecule has 0 aliphatic heterocycles. The van der Waals surface area contributed by atoms with Gasteiger partial charge in [-0.3, -0.25) is 47.9 Å². The summed E-state index contributed by atoms with van der Waals surface area (Å²) in [6.07, 6.45) is -7.40. The Labute approximate surface area is 273 Å². The molecule has 0 atom stereocenters. The summed E-state index contributed by atoms with van der Waals surface area (Å²) in [6.45, 7) is -2.86. The van der Waals surface area contributed by atoms with Crippen molar-refractivity contribution in [3.63, 3.8) is 0 Å². The number of ketones is 3. The van der Waals surface area contributed by atoms with Crippen LogP contribution >= 0.6 is 0 Å². The van der Waals surface area contributed by atoms with E-state index < -0.39 is 118 Å². The van der Waals surface area contributed by atoms with Crippen LogP contribution in [0.1, 0.15) is 51.9 Å². The number of amides is 5. The van der Waals surface area contributed by atoms with Gasteiger partial charge < -0.3 is 35.2 Å². The lowest BCUT2D eigenvalue weighted by Crippen LogP contribution is -2.46. The summed E-state index contributed by atoms with van der Waals surface area (Å²) in [6, 6.07) is 0. The second kappa shape index (κ2) is 22.6. The maximum absolute atomic E-state index is 12.7. The van der Waals surface area contributed by atoms with Gasteiger partial charge in [-0.1, -0.05) is 6.92 Å². The van der Waals surface area contributed by atoms with Crippen molar-refractivity contribution in [1.82, 2.24) is 25.8 Å². The van der Waals surface area contributed by atoms with E-state index in [1.807, 2.05) is 0 Å². The van der Waals surface area contributed by atoms with Gasteiger partial charge in [0.25, 0.3) is 0 Å². The number of carbonyl (C=O) groups is 10. The maximum atomic E-state index is 12.7. The van der Waals surface area contributed by atoms with Crippen molar-refractivity contribution in [3.05, 3.63) is 0 Å². The number of nitrogens with zero attached hydrogens (tertiary/aromatic N) is 2. The van der Waals surface area contributed by atoms with Crippen molar-refractivity contribution in [1.29, 1.82) is 0 Å². The molecule has 0 rings (SSSR count). The molecule has 270 valence electrons. The lowest BCUT2D eigenvalue weighted by Gasteiger charge is -2.21. The van der Waals surface area contributed by atoms with Gasteiger partial charge in [0.2, 0.25) is 29.5 Å². The van der Waals surface area contributed by atoms with Gasteiger partial charge in [-0.05, 0) is 6.42 Å². The Kier molecular flexibility index (Phi) is 20.3. The topological polar surface area (TPSA) is 232 Å². The van der Waals surface area contributed by atoms with Gasteiger partial charge in [-0.25, -0.2) is 0 Å². The molecular weight excluding hydrogens is 655 g/mol. The zero-order valence-corrected chi connectivity index (χ0v) is 26.8. The molecule has 0 aromatic carbocycles. The van der Waals surface area contributed by atoms with E-state index in [-0.39, 0.29) is 31.6 Å². The highest BCUT2D eigenvalue weighted by Crippen LogP contribution is 2.18. The summed E-state index contributed by atoms with van der Waals surface area (Å²) in [4.78, 5) is 122. The first-order valence-electron chi connectivity index (χ1n) is 14.5. The van der Waals surface area contributed by atoms with E-state index in [4.69, 9.17) is 0 Å². The molecule has 0 aromatic rings. The molecule has 0 fully saturated rings. The van der Waals surface area contributed by atoms with Crippen LogP contribution in [0.4, 0.5) is 13.2 Å². The zero-order chi connectivity index (χ0) is 36.9. The molecule has 17 nitrogen and oxygen atoms in total. The van der Waals surface area contributed by atoms with E-state index in [0.29, 0.717) is 11.3 Å². The van der Waals surface area contributed by atoms with E-state index in [0.717, 1.165) is 19.1 Å². The van der Waals surface area contributed by atoms with Crippen molar-refractivity contribution >= 4 is 58.8 Å². The fourth-order valence-electron chi connectivity index (χ4n) is 3.55. The first-order chi connectivity index (χ1) is 22.4. The molecule has 0 saturated heterocycles. The van der Waals surface area contributed by atoms with Gasteiger partial charge in [0.1, 0.15) is 19.5 Å². The smallest absolute Gasteiger partial charge is 0.397 e. The molecule has 0 radical (unpaired) electrons. The van der Waals surface area contributed by atoms with E-state index in [2.05, 4.69) is 20.1 Å². The normalized spacial score (nSPS) is 10.6. The Morgan fingerprint density at radius 2 is 0.938 bits per heavy atom. The van der Waals surface area contributed by atoms with Crippen LogP contribution in [0.2, 0.25) is 0 Å². The predicted molar refractivity (Wildman–Crippen MR) is 155 cm³/mol. The van der Waals surface area contributed by atoms with Crippen LogP contribution in [0.3, 0.4) is 0 Å². The lowest BCUT2D eigenvalue weighted by molar-refractivity contribution is -0.155. The summed E-state index contributed by atoms with van der Waals surface area (Å²) in [5, 5.41) is 6.31. The molecule has 0 saturated carbocycles. The fourth-order valence-corrected chi connectivity index (χ4v) is 3.55. The number of esters is 2. The van der Waals surface area contributed by atoms with Crippen molar-refractivity contribution in [2.24, 2.45) is 0 Å². The third-order valence-electron chi connectivity index (χ3n) is 6.04. The minimum atomic E-state index is -4.83. The maximum Gasteiger partial charge on any atom is 0.397 e. The molecule has 0 bridgehead atoms. The van der Waals surface area contributed by atoms with Gasteiger partial charge in [0.15, 0.2) is 17.3 Å². The Bertz CT molecular complexity index is 1210. The molecule has 0 spiro atoms. The molecule has 3 N–H and O–H groups in total. The summed E-state index contributed by atoms with van der Waals surface area (Å²) in [5.41, 5.74) is 0. The lowest BCUT2D eigenvalue weighted by atomic mass is 10.2. The number of rotatable bonds is 23. The minimum Gasteiger partial charge on any atom is -0.468 e. The highest BCUT2D eigenvalue weighted by Gasteiger charge is 2.31. The van der Waals surface area contributed by atoms with Crippen molar-refractivity contribution in [2.45, 2.75) is 58.0 Å². The van der Waals surface area contributed by atoms with E-state index in [9.17, 15) is 61.1 Å². The average Bonchev–Trinajstić information content (AvgIpc) is 3.01. The number of halogens is 3. The zero-order valence-electron chi connectivity index (χ0n) is 26.8. The molecule has 0 unspecified atom stereocenters. The largest absolute Gasteiger partial charge is 0.468 e. The van der Waals surface area contributed by atoms with E-state index in [1.54, 1.807) is 12.2 Å². The number of methoxy groups -OCH3 is 2. The summed E-state index contributed by atoms with van der Waals surface area (Å²) in [5.74, 6) is -8.30. The Morgan fingerprint density at radius 1 is 0.542 bits per heavy atom. The fraction of sp³-hybridized carbons (Fsp3) is 0.643. The van der Waals surface area contributed by atoms with Gasteiger partial charge in [0, 0.05) is 32.1 Å². The third-order valence-corrected chi connectivity index (χ3v) is 6.04. The monoisotopic (exact) mass is 695 g/mol. The van der Waals surface area contributed by atoms with Gasteiger partial charge in [0.05, 0.1) is 46.9 Å². The number of ether oxygens (including phenoxy) is 2.